The lowest BCUT2D eigenvalue weighted by atomic mass is 9.55. The van der Waals surface area contributed by atoms with Crippen LogP contribution in [0.2, 0.25) is 0 Å². The molecule has 0 aromatic heterocycles. The highest BCUT2D eigenvalue weighted by atomic mass is 16.5. The normalized spacial score (nSPS) is 24.6. The van der Waals surface area contributed by atoms with E-state index in [4.69, 9.17) is 9.47 Å². The summed E-state index contributed by atoms with van der Waals surface area (Å²) >= 11 is 0. The molecule has 82 valence electrons. The Hall–Kier alpha value is -0.0800. The van der Waals surface area contributed by atoms with Gasteiger partial charge in [-0.2, -0.15) is 0 Å². The fraction of sp³-hybridized carbons (Fsp3) is 1.00. The molecular weight excluding hydrogens is 176 g/mol. The quantitative estimate of drug-likeness (QED) is 0.611. The first-order valence-corrected chi connectivity index (χ1v) is 5.95. The van der Waals surface area contributed by atoms with Crippen molar-refractivity contribution in [2.24, 2.45) is 5.41 Å². The summed E-state index contributed by atoms with van der Waals surface area (Å²) in [6.45, 7) is 1.81. The van der Waals surface area contributed by atoms with Crippen molar-refractivity contribution in [2.75, 3.05) is 20.3 Å². The van der Waals surface area contributed by atoms with Gasteiger partial charge in [0.25, 0.3) is 0 Å². The van der Waals surface area contributed by atoms with Crippen LogP contribution < -0.4 is 0 Å². The van der Waals surface area contributed by atoms with E-state index in [-0.39, 0.29) is 0 Å². The van der Waals surface area contributed by atoms with Crippen LogP contribution in [0.4, 0.5) is 0 Å². The predicted molar refractivity (Wildman–Crippen MR) is 56.4 cm³/mol. The molecule has 0 saturated heterocycles. The Labute approximate surface area is 87.0 Å². The number of methoxy groups -OCH3 is 1. The highest BCUT2D eigenvalue weighted by Crippen LogP contribution is 2.56. The van der Waals surface area contributed by atoms with E-state index < -0.39 is 0 Å². The molecule has 0 bridgehead atoms. The molecule has 0 atom stereocenters. The molecule has 0 radical (unpaired) electrons. The van der Waals surface area contributed by atoms with Crippen molar-refractivity contribution in [3.63, 3.8) is 0 Å². The van der Waals surface area contributed by atoms with Gasteiger partial charge in [0.1, 0.15) is 0 Å². The maximum atomic E-state index is 5.80. The first kappa shape index (κ1) is 10.4. The average Bonchev–Trinajstić information content (AvgIpc) is 2.04. The smallest absolute Gasteiger partial charge is 0.0585 e. The summed E-state index contributed by atoms with van der Waals surface area (Å²) in [6, 6.07) is 0. The Kier molecular flexibility index (Phi) is 3.45. The van der Waals surface area contributed by atoms with Crippen molar-refractivity contribution < 1.29 is 9.47 Å². The van der Waals surface area contributed by atoms with Crippen LogP contribution in [0.3, 0.4) is 0 Å². The van der Waals surface area contributed by atoms with Gasteiger partial charge in [-0.15, -0.1) is 0 Å². The maximum absolute atomic E-state index is 5.80. The predicted octanol–water partition coefficient (Wildman–Crippen LogP) is 2.76. The van der Waals surface area contributed by atoms with Crippen molar-refractivity contribution in [3.05, 3.63) is 0 Å². The molecule has 0 aliphatic heterocycles. The number of rotatable bonds is 6. The summed E-state index contributed by atoms with van der Waals surface area (Å²) in [4.78, 5) is 0. The third kappa shape index (κ3) is 2.29. The largest absolute Gasteiger partial charge is 0.385 e. The second kappa shape index (κ2) is 4.63. The van der Waals surface area contributed by atoms with Gasteiger partial charge in [-0.25, -0.2) is 0 Å². The molecule has 14 heavy (non-hydrogen) atoms. The molecule has 2 nitrogen and oxygen atoms in total. The molecule has 0 aromatic rings. The van der Waals surface area contributed by atoms with Crippen molar-refractivity contribution in [3.8, 4) is 0 Å². The molecule has 0 heterocycles. The number of ether oxygens (including phenoxy) is 2. The van der Waals surface area contributed by atoms with Crippen LogP contribution in [0.15, 0.2) is 0 Å². The zero-order valence-electron chi connectivity index (χ0n) is 9.26. The Morgan fingerprint density at radius 1 is 1.14 bits per heavy atom. The minimum absolute atomic E-state index is 0.595. The molecule has 1 spiro atoms. The molecule has 2 aliphatic carbocycles. The first-order chi connectivity index (χ1) is 6.85. The first-order valence-electron chi connectivity index (χ1n) is 5.95. The van der Waals surface area contributed by atoms with E-state index in [0.29, 0.717) is 6.10 Å². The monoisotopic (exact) mass is 198 g/mol. The summed E-state index contributed by atoms with van der Waals surface area (Å²) in [7, 11) is 1.76. The minimum atomic E-state index is 0.595. The van der Waals surface area contributed by atoms with E-state index in [1.54, 1.807) is 7.11 Å². The molecule has 0 unspecified atom stereocenters. The van der Waals surface area contributed by atoms with Crippen LogP contribution in [0.5, 0.6) is 0 Å². The van der Waals surface area contributed by atoms with E-state index >= 15 is 0 Å². The second-order valence-electron chi connectivity index (χ2n) is 4.95. The van der Waals surface area contributed by atoms with Crippen LogP contribution in [-0.4, -0.2) is 26.4 Å². The van der Waals surface area contributed by atoms with Gasteiger partial charge < -0.3 is 9.47 Å². The van der Waals surface area contributed by atoms with Gasteiger partial charge in [0, 0.05) is 20.3 Å². The molecule has 2 aliphatic rings. The van der Waals surface area contributed by atoms with Gasteiger partial charge in [-0.3, -0.25) is 0 Å². The van der Waals surface area contributed by atoms with E-state index in [1.165, 1.54) is 32.1 Å². The fourth-order valence-electron chi connectivity index (χ4n) is 2.71. The lowest BCUT2D eigenvalue weighted by Gasteiger charge is -2.53. The van der Waals surface area contributed by atoms with Crippen LogP contribution in [0, 0.1) is 5.41 Å². The van der Waals surface area contributed by atoms with Gasteiger partial charge in [0.15, 0.2) is 0 Å². The Bertz CT molecular complexity index is 167. The van der Waals surface area contributed by atoms with Gasteiger partial charge in [0.2, 0.25) is 0 Å². The maximum Gasteiger partial charge on any atom is 0.0585 e. The van der Waals surface area contributed by atoms with E-state index in [0.717, 1.165) is 31.5 Å². The van der Waals surface area contributed by atoms with Gasteiger partial charge in [0.05, 0.1) is 6.10 Å². The third-order valence-electron chi connectivity index (χ3n) is 3.83. The van der Waals surface area contributed by atoms with E-state index in [9.17, 15) is 0 Å². The summed E-state index contributed by atoms with van der Waals surface area (Å²) in [6.07, 6.45) is 9.96. The molecule has 2 fully saturated rings. The van der Waals surface area contributed by atoms with Crippen molar-refractivity contribution >= 4 is 0 Å². The molecule has 2 rings (SSSR count). The molecule has 0 N–H and O–H groups in total. The van der Waals surface area contributed by atoms with Gasteiger partial charge >= 0.3 is 0 Å². The van der Waals surface area contributed by atoms with E-state index in [1.807, 2.05) is 0 Å². The molecular formula is C12H22O2. The van der Waals surface area contributed by atoms with Crippen LogP contribution in [-0.2, 0) is 9.47 Å². The standard InChI is InChI=1S/C12H22O2/c1-13-7-2-3-8-14-11-9-12(10-11)5-4-6-12/h11H,2-10H2,1H3. The average molecular weight is 198 g/mol. The topological polar surface area (TPSA) is 18.5 Å². The SMILES string of the molecule is COCCCCOC1CC2(CCC2)C1. The molecule has 2 saturated carbocycles. The highest BCUT2D eigenvalue weighted by molar-refractivity contribution is 4.99. The highest BCUT2D eigenvalue weighted by Gasteiger charge is 2.48. The number of unbranched alkanes of at least 4 members (excludes halogenated alkanes) is 1. The van der Waals surface area contributed by atoms with Crippen molar-refractivity contribution in [2.45, 2.75) is 51.0 Å². The van der Waals surface area contributed by atoms with Crippen LogP contribution in [0.1, 0.15) is 44.9 Å². The number of hydrogen-bond donors (Lipinski definition) is 0. The van der Waals surface area contributed by atoms with Gasteiger partial charge in [-0.05, 0) is 43.9 Å². The van der Waals surface area contributed by atoms with Crippen molar-refractivity contribution in [1.82, 2.24) is 0 Å². The Balaban J connectivity index is 1.44. The molecule has 0 amide bonds. The van der Waals surface area contributed by atoms with Crippen LogP contribution >= 0.6 is 0 Å². The fourth-order valence-corrected chi connectivity index (χ4v) is 2.71. The van der Waals surface area contributed by atoms with E-state index in [2.05, 4.69) is 0 Å². The lowest BCUT2D eigenvalue weighted by molar-refractivity contribution is -0.117. The zero-order chi connectivity index (χ0) is 9.86. The summed E-state index contributed by atoms with van der Waals surface area (Å²) in [5, 5.41) is 0. The molecule has 0 aromatic carbocycles. The minimum Gasteiger partial charge on any atom is -0.385 e. The summed E-state index contributed by atoms with van der Waals surface area (Å²) in [5.74, 6) is 0. The lowest BCUT2D eigenvalue weighted by Crippen LogP contribution is -2.47. The Morgan fingerprint density at radius 2 is 1.86 bits per heavy atom. The summed E-state index contributed by atoms with van der Waals surface area (Å²) in [5.41, 5.74) is 0.761. The third-order valence-corrected chi connectivity index (χ3v) is 3.83. The van der Waals surface area contributed by atoms with Gasteiger partial charge in [-0.1, -0.05) is 6.42 Å². The second-order valence-corrected chi connectivity index (χ2v) is 4.95. The summed E-state index contributed by atoms with van der Waals surface area (Å²) < 4.78 is 10.8. The zero-order valence-corrected chi connectivity index (χ0v) is 9.26. The van der Waals surface area contributed by atoms with Crippen molar-refractivity contribution in [1.29, 1.82) is 0 Å². The molecule has 2 heteroatoms. The number of hydrogen-bond acceptors (Lipinski definition) is 2. The Morgan fingerprint density at radius 3 is 2.43 bits per heavy atom. The van der Waals surface area contributed by atoms with Crippen LogP contribution in [0.25, 0.3) is 0 Å².